The van der Waals surface area contributed by atoms with Crippen molar-refractivity contribution in [2.45, 2.75) is 32.7 Å². The van der Waals surface area contributed by atoms with Crippen LogP contribution in [0.15, 0.2) is 30.3 Å². The molecule has 1 aliphatic heterocycles. The van der Waals surface area contributed by atoms with Crippen molar-refractivity contribution in [1.29, 1.82) is 0 Å². The van der Waals surface area contributed by atoms with Gasteiger partial charge in [-0.3, -0.25) is 14.5 Å². The van der Waals surface area contributed by atoms with Gasteiger partial charge in [0, 0.05) is 12.5 Å². The fourth-order valence-corrected chi connectivity index (χ4v) is 3.24. The van der Waals surface area contributed by atoms with Gasteiger partial charge in [-0.05, 0) is 32.9 Å². The number of carbonyl (C=O) groups excluding carboxylic acids is 2. The zero-order valence-electron chi connectivity index (χ0n) is 13.7. The molecule has 2 aromatic heterocycles. The van der Waals surface area contributed by atoms with E-state index in [4.69, 9.17) is 0 Å². The number of hydrogen-bond donors (Lipinski definition) is 1. The van der Waals surface area contributed by atoms with Crippen LogP contribution in [0.5, 0.6) is 0 Å². The van der Waals surface area contributed by atoms with Crippen LogP contribution < -0.4 is 0 Å². The predicted octanol–water partition coefficient (Wildman–Crippen LogP) is 1.98. The Kier molecular flexibility index (Phi) is 2.90. The molecule has 0 saturated heterocycles. The summed E-state index contributed by atoms with van der Waals surface area (Å²) in [6.07, 6.45) is 0.418. The fourth-order valence-electron chi connectivity index (χ4n) is 3.24. The molecule has 122 valence electrons. The van der Waals surface area contributed by atoms with Crippen LogP contribution in [0, 0.1) is 6.92 Å². The third kappa shape index (κ3) is 2.05. The second-order valence-electron chi connectivity index (χ2n) is 6.71. The molecule has 1 aromatic carbocycles. The SMILES string of the molecule is Cc1cc2[nH]c(CC(C)(C)N3C(=O)c4ccccc4C3=O)nn2n1. The lowest BCUT2D eigenvalue weighted by Gasteiger charge is -2.33. The van der Waals surface area contributed by atoms with Crippen LogP contribution >= 0.6 is 0 Å². The summed E-state index contributed by atoms with van der Waals surface area (Å²) in [4.78, 5) is 29.8. The average molecular weight is 323 g/mol. The number of aromatic nitrogens is 4. The van der Waals surface area contributed by atoms with Crippen molar-refractivity contribution in [2.24, 2.45) is 0 Å². The molecule has 0 spiro atoms. The Morgan fingerprint density at radius 1 is 1.08 bits per heavy atom. The number of hydrogen-bond acceptors (Lipinski definition) is 4. The molecule has 0 fully saturated rings. The van der Waals surface area contributed by atoms with Crippen LogP contribution in [0.1, 0.15) is 46.1 Å². The van der Waals surface area contributed by atoms with Crippen LogP contribution in [-0.4, -0.2) is 42.1 Å². The molecule has 1 aliphatic rings. The Labute approximate surface area is 138 Å². The minimum absolute atomic E-state index is 0.257. The van der Waals surface area contributed by atoms with Crippen LogP contribution in [0.25, 0.3) is 5.65 Å². The first-order valence-electron chi connectivity index (χ1n) is 7.76. The number of benzene rings is 1. The highest BCUT2D eigenvalue weighted by atomic mass is 16.2. The standard InChI is InChI=1S/C17H17N5O2/c1-10-8-14-18-13(20-22(14)19-10)9-17(2,3)21-15(23)11-6-4-5-7-12(11)16(21)24/h4-8H,9H2,1-3H3,(H,18,20). The largest absolute Gasteiger partial charge is 0.325 e. The fraction of sp³-hybridized carbons (Fsp3) is 0.294. The zero-order chi connectivity index (χ0) is 17.1. The molecular formula is C17H17N5O2. The molecule has 2 amide bonds. The van der Waals surface area contributed by atoms with Crippen molar-refractivity contribution in [3.8, 4) is 0 Å². The number of fused-ring (bicyclic) bond motifs is 2. The quantitative estimate of drug-likeness (QED) is 0.747. The number of carbonyl (C=O) groups is 2. The smallest absolute Gasteiger partial charge is 0.262 e. The molecule has 7 heteroatoms. The molecule has 0 unspecified atom stereocenters. The summed E-state index contributed by atoms with van der Waals surface area (Å²) >= 11 is 0. The first-order valence-corrected chi connectivity index (χ1v) is 7.76. The van der Waals surface area contributed by atoms with Gasteiger partial charge in [0.15, 0.2) is 5.65 Å². The Balaban J connectivity index is 1.66. The third-order valence-electron chi connectivity index (χ3n) is 4.30. The molecule has 7 nitrogen and oxygen atoms in total. The van der Waals surface area contributed by atoms with E-state index < -0.39 is 5.54 Å². The molecule has 1 N–H and O–H groups in total. The van der Waals surface area contributed by atoms with Crippen molar-refractivity contribution in [3.63, 3.8) is 0 Å². The number of aryl methyl sites for hydroxylation is 1. The number of imide groups is 1. The summed E-state index contributed by atoms with van der Waals surface area (Å²) in [6.45, 7) is 5.63. The monoisotopic (exact) mass is 323 g/mol. The predicted molar refractivity (Wildman–Crippen MR) is 86.8 cm³/mol. The summed E-state index contributed by atoms with van der Waals surface area (Å²) in [5.41, 5.74) is 1.87. The minimum Gasteiger partial charge on any atom is -0.325 e. The highest BCUT2D eigenvalue weighted by Gasteiger charge is 2.44. The van der Waals surface area contributed by atoms with E-state index >= 15 is 0 Å². The third-order valence-corrected chi connectivity index (χ3v) is 4.30. The molecule has 4 rings (SSSR count). The molecular weight excluding hydrogens is 306 g/mol. The van der Waals surface area contributed by atoms with E-state index in [9.17, 15) is 9.59 Å². The number of amides is 2. The van der Waals surface area contributed by atoms with E-state index in [1.165, 1.54) is 9.53 Å². The molecule has 3 heterocycles. The van der Waals surface area contributed by atoms with E-state index in [0.717, 1.165) is 11.3 Å². The lowest BCUT2D eigenvalue weighted by atomic mass is 9.97. The van der Waals surface area contributed by atoms with Gasteiger partial charge >= 0.3 is 0 Å². The Morgan fingerprint density at radius 2 is 1.71 bits per heavy atom. The van der Waals surface area contributed by atoms with Gasteiger partial charge in [0.2, 0.25) is 0 Å². The van der Waals surface area contributed by atoms with Gasteiger partial charge in [-0.1, -0.05) is 12.1 Å². The zero-order valence-corrected chi connectivity index (χ0v) is 13.7. The van der Waals surface area contributed by atoms with E-state index in [1.54, 1.807) is 24.3 Å². The molecule has 3 aromatic rings. The Morgan fingerprint density at radius 3 is 2.29 bits per heavy atom. The van der Waals surface area contributed by atoms with Crippen molar-refractivity contribution in [3.05, 3.63) is 53.0 Å². The van der Waals surface area contributed by atoms with E-state index in [1.807, 2.05) is 26.8 Å². The molecule has 0 bridgehead atoms. The Hall–Kier alpha value is -2.96. The Bertz CT molecular complexity index is 915. The first-order chi connectivity index (χ1) is 11.4. The van der Waals surface area contributed by atoms with Gasteiger partial charge in [-0.15, -0.1) is 9.73 Å². The summed E-state index contributed by atoms with van der Waals surface area (Å²) in [6, 6.07) is 8.81. The van der Waals surface area contributed by atoms with Crippen molar-refractivity contribution < 1.29 is 9.59 Å². The first kappa shape index (κ1) is 14.6. The lowest BCUT2D eigenvalue weighted by Crippen LogP contribution is -2.49. The highest BCUT2D eigenvalue weighted by Crippen LogP contribution is 2.31. The van der Waals surface area contributed by atoms with Gasteiger partial charge in [0.1, 0.15) is 5.82 Å². The van der Waals surface area contributed by atoms with Crippen molar-refractivity contribution in [1.82, 2.24) is 24.7 Å². The van der Waals surface area contributed by atoms with Crippen molar-refractivity contribution >= 4 is 17.5 Å². The van der Waals surface area contributed by atoms with Gasteiger partial charge < -0.3 is 4.98 Å². The van der Waals surface area contributed by atoms with Gasteiger partial charge in [-0.25, -0.2) is 0 Å². The minimum atomic E-state index is -0.710. The van der Waals surface area contributed by atoms with E-state index in [0.29, 0.717) is 23.4 Å². The topological polar surface area (TPSA) is 83.4 Å². The summed E-state index contributed by atoms with van der Waals surface area (Å²) in [7, 11) is 0. The number of aromatic amines is 1. The summed E-state index contributed by atoms with van der Waals surface area (Å²) in [5, 5.41) is 8.64. The molecule has 24 heavy (non-hydrogen) atoms. The van der Waals surface area contributed by atoms with Crippen LogP contribution in [0.3, 0.4) is 0 Å². The molecule has 0 radical (unpaired) electrons. The second-order valence-corrected chi connectivity index (χ2v) is 6.71. The summed E-state index contributed by atoms with van der Waals surface area (Å²) in [5.74, 6) is 0.166. The van der Waals surface area contributed by atoms with Crippen LogP contribution in [0.2, 0.25) is 0 Å². The molecule has 0 aliphatic carbocycles. The van der Waals surface area contributed by atoms with E-state index in [-0.39, 0.29) is 11.8 Å². The van der Waals surface area contributed by atoms with Gasteiger partial charge in [-0.2, -0.15) is 5.10 Å². The number of nitrogens with zero attached hydrogens (tertiary/aromatic N) is 4. The van der Waals surface area contributed by atoms with Crippen LogP contribution in [-0.2, 0) is 6.42 Å². The highest BCUT2D eigenvalue weighted by molar-refractivity contribution is 6.21. The maximum Gasteiger partial charge on any atom is 0.262 e. The van der Waals surface area contributed by atoms with E-state index in [2.05, 4.69) is 15.2 Å². The summed E-state index contributed by atoms with van der Waals surface area (Å²) < 4.78 is 1.53. The normalized spacial score (nSPS) is 14.7. The lowest BCUT2D eigenvalue weighted by molar-refractivity contribution is 0.0478. The van der Waals surface area contributed by atoms with Gasteiger partial charge in [0.05, 0.1) is 22.4 Å². The maximum absolute atomic E-state index is 12.7. The number of H-pyrrole nitrogens is 1. The van der Waals surface area contributed by atoms with Gasteiger partial charge in [0.25, 0.3) is 11.8 Å². The molecule has 0 saturated carbocycles. The number of rotatable bonds is 3. The number of nitrogens with one attached hydrogen (secondary N) is 1. The van der Waals surface area contributed by atoms with Crippen LogP contribution in [0.4, 0.5) is 0 Å². The van der Waals surface area contributed by atoms with Crippen molar-refractivity contribution in [2.75, 3.05) is 0 Å². The molecule has 0 atom stereocenters. The average Bonchev–Trinajstić information content (AvgIpc) is 3.10. The maximum atomic E-state index is 12.7. The second kappa shape index (κ2) is 4.77.